The first-order valence-electron chi connectivity index (χ1n) is 44.0. The van der Waals surface area contributed by atoms with Gasteiger partial charge in [-0.3, -0.25) is 43.2 Å². The minimum atomic E-state index is -5.99. The van der Waals surface area contributed by atoms with Crippen LogP contribution in [0.2, 0.25) is 0 Å². The number of esters is 3. The molecule has 692 valence electrons. The second-order valence-corrected chi connectivity index (χ2v) is 43.5. The number of hydrogen-bond acceptors (Lipinski definition) is 17. The summed E-state index contributed by atoms with van der Waals surface area (Å²) in [6.45, 7) is 13.6. The summed E-state index contributed by atoms with van der Waals surface area (Å²) in [5.74, 6) is -5.89. The van der Waals surface area contributed by atoms with Gasteiger partial charge < -0.3 is 28.2 Å². The second-order valence-electron chi connectivity index (χ2n) is 37.5. The van der Waals surface area contributed by atoms with Crippen LogP contribution in [0.15, 0.2) is 82.6 Å². The van der Waals surface area contributed by atoms with Crippen molar-refractivity contribution in [3.63, 3.8) is 0 Å². The summed E-state index contributed by atoms with van der Waals surface area (Å²) in [6, 6.07) is 20.9. The lowest BCUT2D eigenvalue weighted by molar-refractivity contribution is -0.290. The fraction of sp³-hybridized carbons (Fsp3) is 0.688. The topological polar surface area (TPSA) is 257 Å². The molecule has 8 aliphatic carbocycles. The largest absolute Gasteiger partial charge is 0.743 e. The van der Waals surface area contributed by atoms with E-state index in [9.17, 15) is 109 Å². The van der Waals surface area contributed by atoms with E-state index in [0.29, 0.717) is 101 Å². The fourth-order valence-electron chi connectivity index (χ4n) is 22.7. The van der Waals surface area contributed by atoms with Gasteiger partial charge in [0.05, 0.1) is 12.7 Å². The van der Waals surface area contributed by atoms with Crippen LogP contribution in [-0.4, -0.2) is 150 Å². The van der Waals surface area contributed by atoms with Gasteiger partial charge in [-0.1, -0.05) is 84.9 Å². The highest BCUT2D eigenvalue weighted by Crippen LogP contribution is 2.69. The summed E-state index contributed by atoms with van der Waals surface area (Å²) in [5, 5.41) is -1.84. The van der Waals surface area contributed by atoms with Crippen molar-refractivity contribution >= 4 is 106 Å². The maximum atomic E-state index is 13.9. The molecular formula is C93H117F12O17S3+. The van der Waals surface area contributed by atoms with E-state index < -0.39 is 75.7 Å². The Bertz CT molecular complexity index is 4610. The zero-order chi connectivity index (χ0) is 91.7. The maximum Gasteiger partial charge on any atom is 0.456 e. The van der Waals surface area contributed by atoms with Crippen molar-refractivity contribution in [1.29, 1.82) is 0 Å². The van der Waals surface area contributed by atoms with Crippen LogP contribution >= 0.6 is 0 Å². The van der Waals surface area contributed by atoms with Crippen molar-refractivity contribution in [2.75, 3.05) is 42.8 Å². The normalized spacial score (nSPS) is 30.0. The quantitative estimate of drug-likeness (QED) is 0.0149. The van der Waals surface area contributed by atoms with E-state index in [0.717, 1.165) is 94.9 Å². The Morgan fingerprint density at radius 3 is 1.26 bits per heavy atom. The Morgan fingerprint density at radius 2 is 0.880 bits per heavy atom. The summed E-state index contributed by atoms with van der Waals surface area (Å²) < 4.78 is 211. The number of halogens is 12. The summed E-state index contributed by atoms with van der Waals surface area (Å²) in [4.78, 5) is 118. The highest BCUT2D eigenvalue weighted by atomic mass is 32.2. The molecule has 2 aliphatic heterocycles. The smallest absolute Gasteiger partial charge is 0.456 e. The minimum Gasteiger partial charge on any atom is -0.743 e. The van der Waals surface area contributed by atoms with Crippen LogP contribution in [0.5, 0.6) is 11.5 Å². The van der Waals surface area contributed by atoms with Crippen LogP contribution < -0.4 is 9.47 Å². The van der Waals surface area contributed by atoms with E-state index in [1.807, 2.05) is 52.0 Å². The zero-order valence-electron chi connectivity index (χ0n) is 72.3. The number of carbonyl (C=O) groups is 9. The third kappa shape index (κ3) is 20.8. The predicted octanol–water partition coefficient (Wildman–Crippen LogP) is 20.1. The Hall–Kier alpha value is -6.80. The van der Waals surface area contributed by atoms with E-state index in [1.165, 1.54) is 12.1 Å². The monoisotopic (exact) mass is 1830 g/mol. The molecule has 0 bridgehead atoms. The van der Waals surface area contributed by atoms with E-state index in [4.69, 9.17) is 18.9 Å². The first-order chi connectivity index (χ1) is 58.4. The number of fused-ring (bicyclic) bond motifs is 12. The van der Waals surface area contributed by atoms with Gasteiger partial charge in [-0.05, 0) is 210 Å². The zero-order valence-corrected chi connectivity index (χ0v) is 74.8. The minimum absolute atomic E-state index is 0.0110. The maximum absolute atomic E-state index is 13.9. The molecule has 0 amide bonds. The van der Waals surface area contributed by atoms with E-state index >= 15 is 0 Å². The van der Waals surface area contributed by atoms with Crippen molar-refractivity contribution in [2.24, 2.45) is 92.7 Å². The molecule has 17 nitrogen and oxygen atoms in total. The Kier molecular flexibility index (Phi) is 30.9. The molecule has 125 heavy (non-hydrogen) atoms. The third-order valence-corrected chi connectivity index (χ3v) is 36.3. The summed E-state index contributed by atoms with van der Waals surface area (Å²) in [7, 11) is -5.78. The first-order valence-corrected chi connectivity index (χ1v) is 48.5. The van der Waals surface area contributed by atoms with Gasteiger partial charge in [-0.2, -0.15) is 52.7 Å². The lowest BCUT2D eigenvalue weighted by Gasteiger charge is -2.58. The Balaban J connectivity index is 0.000000166. The van der Waals surface area contributed by atoms with Gasteiger partial charge in [0, 0.05) is 137 Å². The number of carbonyl (C=O) groups excluding carboxylic acids is 9. The summed E-state index contributed by atoms with van der Waals surface area (Å²) in [6.07, 6.45) is 1.41. The van der Waals surface area contributed by atoms with Crippen molar-refractivity contribution in [2.45, 2.75) is 274 Å². The average molecular weight is 1830 g/mol. The van der Waals surface area contributed by atoms with Gasteiger partial charge in [0.25, 0.3) is 0 Å². The molecule has 4 aromatic rings. The van der Waals surface area contributed by atoms with Crippen LogP contribution in [0, 0.1) is 92.7 Å². The molecule has 14 rings (SSSR count). The molecule has 8 saturated carbocycles. The molecule has 2 saturated heterocycles. The number of alkyl halides is 12. The van der Waals surface area contributed by atoms with Crippen molar-refractivity contribution < 1.29 is 132 Å². The molecule has 0 spiro atoms. The number of benzene rings is 4. The van der Waals surface area contributed by atoms with E-state index in [1.54, 1.807) is 36.4 Å². The lowest BCUT2D eigenvalue weighted by Crippen LogP contribution is -2.60. The van der Waals surface area contributed by atoms with Crippen molar-refractivity contribution in [3.05, 3.63) is 72.8 Å². The molecule has 10 aliphatic rings. The van der Waals surface area contributed by atoms with Crippen molar-refractivity contribution in [3.8, 4) is 11.5 Å². The van der Waals surface area contributed by atoms with Gasteiger partial charge in [0.15, 0.2) is 39.2 Å². The van der Waals surface area contributed by atoms with Crippen LogP contribution in [0.25, 0.3) is 21.5 Å². The van der Waals surface area contributed by atoms with Gasteiger partial charge in [-0.25, -0.2) is 8.42 Å². The highest BCUT2D eigenvalue weighted by molar-refractivity contribution is 7.97. The van der Waals surface area contributed by atoms with Crippen LogP contribution in [0.3, 0.4) is 0 Å². The van der Waals surface area contributed by atoms with Crippen molar-refractivity contribution in [1.82, 2.24) is 0 Å². The van der Waals surface area contributed by atoms with Gasteiger partial charge in [-0.15, -0.1) is 0 Å². The second kappa shape index (κ2) is 39.1. The highest BCUT2D eigenvalue weighted by Gasteiger charge is 2.69. The Morgan fingerprint density at radius 1 is 0.496 bits per heavy atom. The molecule has 0 aromatic heterocycles. The third-order valence-electron chi connectivity index (χ3n) is 30.2. The molecule has 0 N–H and O–H groups in total. The van der Waals surface area contributed by atoms with Gasteiger partial charge >= 0.3 is 47.4 Å². The fourth-order valence-corrected chi connectivity index (χ4v) is 28.2. The molecule has 4 aromatic carbocycles. The molecule has 18 atom stereocenters. The number of ketones is 6. The standard InChI is InChI=1S/C32H48O7.C27H38F2O8S.2C17H16F5OS/c1-6-20(3)39-29(37)8-7-15-38-28(36)12-9-19(2)23-10-11-24-30-25(18-27(35)32(23,24)5)31(4)14-13-22(33)16-21(31)17-26(30)34;1-14(5-8-23(33)37-15(2)27(28,29)38(34,35)36)18-6-7-19-24-20(13-22(32)26(18,19)4)25(3)10-9-17(30)11-16(25)12-21(24)31;2*18-16(19,17(20,21)22)11-23-14-7-8-15(24-9-3-4-10-24)13-6-2-1-5-12(13)14/h19-21,23-25,30H,6-18H2,1-5H3;14-16,18-20,24H,5-13H2,1-4H3,(H,34,35,36);2*1-2,5-8H,3-4,9-11H2/q;;2*+1/p-1/t19-,20?,21+,23-,24+,25+,30+,31+,32-;14-,15?,16+,18-,19+,20+,24+,25+,26-;;/m11../s1. The molecule has 2 unspecified atom stereocenters. The van der Waals surface area contributed by atoms with Gasteiger partial charge in [0.1, 0.15) is 69.2 Å². The SMILES string of the molecule is CC(OC(=O)CC[C@@H](C)[C@H]1CC[C@H]2[C@@H]3C(=O)C[C@@H]4CC(=O)CC[C@]4(C)[C@H]3CC(=O)[C@]12C)C(F)(F)S(=O)(=O)[O-].CCC(C)OC(=O)CCCOC(=O)CC[C@@H](C)[C@H]1CC[C@H]2[C@@H]3C(=O)C[C@@H]4CC(=O)CC[C@]4(C)[C@H]3CC(=O)[C@]12C.FC(F)(F)C(F)(F)COc1ccc([S+]2CCCC2)c2ccccc12.FC(F)(F)C(F)(F)COc1ccc([S+]2CCCC2)c2ccccc12. The van der Waals surface area contributed by atoms with Crippen LogP contribution in [0.1, 0.15) is 223 Å². The average Bonchev–Trinajstić information content (AvgIpc) is 1.69. The number of Topliss-reactive ketones (excluding diaryl/α,β-unsaturated/α-hetero) is 6. The molecule has 0 radical (unpaired) electrons. The lowest BCUT2D eigenvalue weighted by atomic mass is 9.44. The number of rotatable bonds is 25. The summed E-state index contributed by atoms with van der Waals surface area (Å²) in [5.41, 5.74) is -1.61. The Labute approximate surface area is 728 Å². The van der Waals surface area contributed by atoms with Gasteiger partial charge in [0.2, 0.25) is 0 Å². The van der Waals surface area contributed by atoms with E-state index in [-0.39, 0.29) is 200 Å². The predicted molar refractivity (Wildman–Crippen MR) is 445 cm³/mol. The van der Waals surface area contributed by atoms with E-state index in [2.05, 4.69) is 32.4 Å². The van der Waals surface area contributed by atoms with Crippen LogP contribution in [0.4, 0.5) is 52.7 Å². The molecule has 10 fully saturated rings. The number of ether oxygens (including phenoxy) is 5. The summed E-state index contributed by atoms with van der Waals surface area (Å²) >= 11 is 0. The molecular weight excluding hydrogens is 1710 g/mol. The molecule has 2 heterocycles. The first kappa shape index (κ1) is 98.8. The number of hydrogen-bond donors (Lipinski definition) is 0. The molecule has 32 heteroatoms. The van der Waals surface area contributed by atoms with Crippen LogP contribution in [-0.2, 0) is 89.3 Å².